The highest BCUT2D eigenvalue weighted by atomic mass is 32.2. The van der Waals surface area contributed by atoms with Crippen LogP contribution >= 0.6 is 23.5 Å². The van der Waals surface area contributed by atoms with E-state index in [1.54, 1.807) is 11.8 Å². The molecule has 1 saturated heterocycles. The minimum absolute atomic E-state index is 0.0278. The van der Waals surface area contributed by atoms with E-state index >= 15 is 0 Å². The summed E-state index contributed by atoms with van der Waals surface area (Å²) >= 11 is 3.65. The van der Waals surface area contributed by atoms with Crippen LogP contribution in [-0.2, 0) is 9.53 Å². The Morgan fingerprint density at radius 3 is 2.10 bits per heavy atom. The molecule has 1 fully saturated rings. The molecule has 1 rings (SSSR count). The van der Waals surface area contributed by atoms with Crippen LogP contribution in [0.25, 0.3) is 0 Å². The van der Waals surface area contributed by atoms with Crippen LogP contribution in [0, 0.1) is 16.2 Å². The minimum atomic E-state index is -0.450. The van der Waals surface area contributed by atoms with Crippen LogP contribution in [0.2, 0.25) is 0 Å². The molecule has 2 atom stereocenters. The highest BCUT2D eigenvalue weighted by Crippen LogP contribution is 2.48. The van der Waals surface area contributed by atoms with Crippen molar-refractivity contribution in [3.8, 4) is 0 Å². The molecule has 1 aliphatic heterocycles. The fourth-order valence-electron chi connectivity index (χ4n) is 2.49. The molecular formula is C16H30O2S2. The number of carbonyl (C=O) groups is 1. The van der Waals surface area contributed by atoms with Crippen molar-refractivity contribution in [3.63, 3.8) is 0 Å². The SMILES string of the molecule is CC(C)(C)CC(C)(C(=O)OC1CSCCS1)C(C)(C)C. The van der Waals surface area contributed by atoms with E-state index in [-0.39, 0.29) is 22.2 Å². The van der Waals surface area contributed by atoms with Crippen LogP contribution in [0.5, 0.6) is 0 Å². The van der Waals surface area contributed by atoms with Gasteiger partial charge in [0.2, 0.25) is 0 Å². The third kappa shape index (κ3) is 4.87. The first kappa shape index (κ1) is 18.2. The van der Waals surface area contributed by atoms with Crippen molar-refractivity contribution in [3.05, 3.63) is 0 Å². The molecule has 20 heavy (non-hydrogen) atoms. The normalized spacial score (nSPS) is 24.1. The second-order valence-electron chi connectivity index (χ2n) is 8.10. The van der Waals surface area contributed by atoms with E-state index in [4.69, 9.17) is 4.74 Å². The van der Waals surface area contributed by atoms with Crippen molar-refractivity contribution in [2.75, 3.05) is 17.3 Å². The van der Waals surface area contributed by atoms with Gasteiger partial charge in [0, 0.05) is 17.3 Å². The number of thioether (sulfide) groups is 2. The molecule has 0 aliphatic carbocycles. The second-order valence-corrected chi connectivity index (χ2v) is 10.5. The van der Waals surface area contributed by atoms with Crippen LogP contribution < -0.4 is 0 Å². The van der Waals surface area contributed by atoms with Gasteiger partial charge in [-0.1, -0.05) is 41.5 Å². The van der Waals surface area contributed by atoms with Crippen molar-refractivity contribution in [2.45, 2.75) is 60.3 Å². The first-order valence-corrected chi connectivity index (χ1v) is 9.56. The van der Waals surface area contributed by atoms with Gasteiger partial charge < -0.3 is 4.74 Å². The minimum Gasteiger partial charge on any atom is -0.450 e. The van der Waals surface area contributed by atoms with Gasteiger partial charge in [0.25, 0.3) is 0 Å². The lowest BCUT2D eigenvalue weighted by Gasteiger charge is -2.44. The zero-order valence-electron chi connectivity index (χ0n) is 14.0. The van der Waals surface area contributed by atoms with Crippen molar-refractivity contribution in [1.29, 1.82) is 0 Å². The molecule has 0 saturated carbocycles. The largest absolute Gasteiger partial charge is 0.450 e. The van der Waals surface area contributed by atoms with Gasteiger partial charge in [0.15, 0.2) is 5.44 Å². The van der Waals surface area contributed by atoms with Gasteiger partial charge in [-0.05, 0) is 24.2 Å². The first-order valence-electron chi connectivity index (χ1n) is 7.36. The Kier molecular flexibility index (Phi) is 5.93. The van der Waals surface area contributed by atoms with E-state index in [1.807, 2.05) is 11.8 Å². The van der Waals surface area contributed by atoms with E-state index in [2.05, 4.69) is 48.5 Å². The van der Waals surface area contributed by atoms with Gasteiger partial charge in [0.05, 0.1) is 5.41 Å². The zero-order valence-corrected chi connectivity index (χ0v) is 15.7. The van der Waals surface area contributed by atoms with Crippen molar-refractivity contribution >= 4 is 29.5 Å². The third-order valence-corrected chi connectivity index (χ3v) is 6.59. The van der Waals surface area contributed by atoms with Crippen LogP contribution in [0.15, 0.2) is 0 Å². The first-order chi connectivity index (χ1) is 8.96. The topological polar surface area (TPSA) is 26.3 Å². The molecule has 0 radical (unpaired) electrons. The predicted octanol–water partition coefficient (Wildman–Crippen LogP) is 4.82. The molecule has 2 unspecified atom stereocenters. The quantitative estimate of drug-likeness (QED) is 0.697. The Morgan fingerprint density at radius 1 is 1.10 bits per heavy atom. The fourth-order valence-corrected chi connectivity index (χ4v) is 4.86. The zero-order chi connectivity index (χ0) is 15.6. The van der Waals surface area contributed by atoms with E-state index in [0.717, 1.165) is 23.7 Å². The van der Waals surface area contributed by atoms with Gasteiger partial charge in [-0.15, -0.1) is 11.8 Å². The van der Waals surface area contributed by atoms with Crippen LogP contribution in [0.3, 0.4) is 0 Å². The molecule has 0 aromatic heterocycles. The van der Waals surface area contributed by atoms with Gasteiger partial charge in [-0.2, -0.15) is 11.8 Å². The van der Waals surface area contributed by atoms with Crippen LogP contribution in [0.1, 0.15) is 54.9 Å². The Balaban J connectivity index is 2.84. The molecule has 4 heteroatoms. The number of ether oxygens (including phenoxy) is 1. The maximum absolute atomic E-state index is 12.8. The summed E-state index contributed by atoms with van der Waals surface area (Å²) in [6.45, 7) is 15.1. The van der Waals surface area contributed by atoms with E-state index in [1.165, 1.54) is 0 Å². The van der Waals surface area contributed by atoms with Crippen LogP contribution in [-0.4, -0.2) is 28.7 Å². The van der Waals surface area contributed by atoms with Gasteiger partial charge in [0.1, 0.15) is 0 Å². The molecule has 118 valence electrons. The van der Waals surface area contributed by atoms with Gasteiger partial charge >= 0.3 is 5.97 Å². The molecule has 0 bridgehead atoms. The number of rotatable bonds is 3. The van der Waals surface area contributed by atoms with Crippen molar-refractivity contribution < 1.29 is 9.53 Å². The Morgan fingerprint density at radius 2 is 1.70 bits per heavy atom. The second kappa shape index (κ2) is 6.51. The van der Waals surface area contributed by atoms with Gasteiger partial charge in [-0.3, -0.25) is 4.79 Å². The van der Waals surface area contributed by atoms with Crippen molar-refractivity contribution in [1.82, 2.24) is 0 Å². The summed E-state index contributed by atoms with van der Waals surface area (Å²) in [4.78, 5) is 12.8. The monoisotopic (exact) mass is 318 g/mol. The lowest BCUT2D eigenvalue weighted by atomic mass is 9.61. The number of carbonyl (C=O) groups excluding carboxylic acids is 1. The predicted molar refractivity (Wildman–Crippen MR) is 91.3 cm³/mol. The Bertz CT molecular complexity index is 335. The number of hydrogen-bond donors (Lipinski definition) is 0. The summed E-state index contributed by atoms with van der Waals surface area (Å²) in [7, 11) is 0. The number of esters is 1. The number of hydrogen-bond acceptors (Lipinski definition) is 4. The fraction of sp³-hybridized carbons (Fsp3) is 0.938. The highest BCUT2D eigenvalue weighted by Gasteiger charge is 2.48. The molecule has 0 amide bonds. The molecular weight excluding hydrogens is 288 g/mol. The lowest BCUT2D eigenvalue weighted by Crippen LogP contribution is -2.45. The lowest BCUT2D eigenvalue weighted by molar-refractivity contribution is -0.165. The standard InChI is InChI=1S/C16H30O2S2/c1-14(2,3)11-16(7,15(4,5)6)13(17)18-12-10-19-8-9-20-12/h12H,8-11H2,1-7H3. The molecule has 1 aliphatic rings. The summed E-state index contributed by atoms with van der Waals surface area (Å²) in [6, 6.07) is 0. The maximum atomic E-state index is 12.8. The summed E-state index contributed by atoms with van der Waals surface area (Å²) in [6.07, 6.45) is 0.840. The highest BCUT2D eigenvalue weighted by molar-refractivity contribution is 8.06. The Hall–Kier alpha value is 0.170. The average Bonchev–Trinajstić information content (AvgIpc) is 2.26. The molecule has 0 N–H and O–H groups in total. The van der Waals surface area contributed by atoms with E-state index < -0.39 is 5.41 Å². The molecule has 2 nitrogen and oxygen atoms in total. The summed E-state index contributed by atoms with van der Waals surface area (Å²) in [5.74, 6) is 3.14. The molecule has 0 aromatic rings. The molecule has 1 heterocycles. The molecule has 0 aromatic carbocycles. The molecule has 0 spiro atoms. The summed E-state index contributed by atoms with van der Waals surface area (Å²) < 4.78 is 5.83. The average molecular weight is 319 g/mol. The summed E-state index contributed by atoms with van der Waals surface area (Å²) in [5, 5.41) is 0. The summed E-state index contributed by atoms with van der Waals surface area (Å²) in [5.41, 5.74) is -0.421. The van der Waals surface area contributed by atoms with Crippen LogP contribution in [0.4, 0.5) is 0 Å². The third-order valence-electron chi connectivity index (χ3n) is 4.01. The van der Waals surface area contributed by atoms with E-state index in [0.29, 0.717) is 0 Å². The maximum Gasteiger partial charge on any atom is 0.313 e. The van der Waals surface area contributed by atoms with Crippen molar-refractivity contribution in [2.24, 2.45) is 16.2 Å². The Labute approximate surface area is 133 Å². The van der Waals surface area contributed by atoms with Gasteiger partial charge in [-0.25, -0.2) is 0 Å². The van der Waals surface area contributed by atoms with E-state index in [9.17, 15) is 4.79 Å². The smallest absolute Gasteiger partial charge is 0.313 e.